The Bertz CT molecular complexity index is 843. The van der Waals surface area contributed by atoms with E-state index in [1.54, 1.807) is 35.4 Å². The Morgan fingerprint density at radius 2 is 2.13 bits per heavy atom. The molecule has 0 aliphatic carbocycles. The molecule has 1 amide bonds. The zero-order chi connectivity index (χ0) is 16.4. The molecular formula is C15H14FN3O3S. The minimum absolute atomic E-state index is 0.00654. The van der Waals surface area contributed by atoms with E-state index in [1.165, 1.54) is 12.1 Å². The van der Waals surface area contributed by atoms with Crippen LogP contribution in [0.2, 0.25) is 0 Å². The van der Waals surface area contributed by atoms with E-state index < -0.39 is 21.7 Å². The van der Waals surface area contributed by atoms with Crippen LogP contribution in [0.4, 0.5) is 4.39 Å². The smallest absolute Gasteiger partial charge is 0.256 e. The van der Waals surface area contributed by atoms with E-state index in [4.69, 9.17) is 0 Å². The minimum Gasteiger partial charge on any atom is -0.348 e. The molecule has 3 rings (SSSR count). The first-order valence-electron chi connectivity index (χ1n) is 6.96. The molecule has 0 bridgehead atoms. The zero-order valence-corrected chi connectivity index (χ0v) is 12.9. The quantitative estimate of drug-likeness (QED) is 0.892. The molecular weight excluding hydrogens is 321 g/mol. The third-order valence-electron chi connectivity index (χ3n) is 3.50. The third kappa shape index (κ3) is 3.31. The lowest BCUT2D eigenvalue weighted by Crippen LogP contribution is -2.42. The highest BCUT2D eigenvalue weighted by Crippen LogP contribution is 2.18. The van der Waals surface area contributed by atoms with Crippen LogP contribution in [0.1, 0.15) is 5.56 Å². The molecule has 0 saturated carbocycles. The van der Waals surface area contributed by atoms with Crippen LogP contribution in [0.15, 0.2) is 52.6 Å². The number of halogens is 1. The van der Waals surface area contributed by atoms with Gasteiger partial charge in [-0.3, -0.25) is 4.79 Å². The molecule has 1 aromatic rings. The van der Waals surface area contributed by atoms with Gasteiger partial charge in [-0.2, -0.15) is 0 Å². The van der Waals surface area contributed by atoms with Crippen molar-refractivity contribution >= 4 is 21.8 Å². The number of rotatable bonds is 3. The molecule has 2 heterocycles. The summed E-state index contributed by atoms with van der Waals surface area (Å²) < 4.78 is 40.5. The highest BCUT2D eigenvalue weighted by molar-refractivity contribution is 7.90. The fraction of sp³-hybridized carbons (Fsp3) is 0.200. The van der Waals surface area contributed by atoms with Crippen LogP contribution in [0, 0.1) is 5.82 Å². The molecule has 6 nitrogen and oxygen atoms in total. The fourth-order valence-electron chi connectivity index (χ4n) is 2.31. The summed E-state index contributed by atoms with van der Waals surface area (Å²) in [7, 11) is -3.56. The third-order valence-corrected chi connectivity index (χ3v) is 4.65. The Kier molecular flexibility index (Phi) is 3.99. The number of nitrogens with one attached hydrogen (secondary N) is 1. The number of carbonyl (C=O) groups is 1. The van der Waals surface area contributed by atoms with Crippen molar-refractivity contribution in [3.8, 4) is 0 Å². The highest BCUT2D eigenvalue weighted by atomic mass is 32.2. The van der Waals surface area contributed by atoms with Gasteiger partial charge in [0.2, 0.25) is 0 Å². The van der Waals surface area contributed by atoms with E-state index in [2.05, 4.69) is 9.71 Å². The predicted octanol–water partition coefficient (Wildman–Crippen LogP) is 0.939. The van der Waals surface area contributed by atoms with Crippen LogP contribution in [0.25, 0.3) is 0 Å². The van der Waals surface area contributed by atoms with E-state index in [-0.39, 0.29) is 30.3 Å². The SMILES string of the molecule is O=C(NCc1ccccc1F)C1=CC=CN2CCS(=O)(=O)N=C12. The topological polar surface area (TPSA) is 78.8 Å². The average Bonchev–Trinajstić information content (AvgIpc) is 2.52. The van der Waals surface area contributed by atoms with Crippen LogP contribution < -0.4 is 5.32 Å². The van der Waals surface area contributed by atoms with Crippen molar-refractivity contribution < 1.29 is 17.6 Å². The minimum atomic E-state index is -3.56. The van der Waals surface area contributed by atoms with Crippen LogP contribution in [-0.4, -0.2) is 37.4 Å². The monoisotopic (exact) mass is 335 g/mol. The van der Waals surface area contributed by atoms with Gasteiger partial charge in [0.1, 0.15) is 5.82 Å². The first kappa shape index (κ1) is 15.4. The summed E-state index contributed by atoms with van der Waals surface area (Å²) in [5.74, 6) is -0.905. The van der Waals surface area contributed by atoms with Gasteiger partial charge >= 0.3 is 0 Å². The number of benzene rings is 1. The van der Waals surface area contributed by atoms with Crippen LogP contribution in [-0.2, 0) is 21.4 Å². The second-order valence-electron chi connectivity index (χ2n) is 5.09. The molecule has 2 aliphatic heterocycles. The van der Waals surface area contributed by atoms with Gasteiger partial charge in [-0.15, -0.1) is 4.40 Å². The largest absolute Gasteiger partial charge is 0.348 e. The van der Waals surface area contributed by atoms with E-state index >= 15 is 0 Å². The zero-order valence-electron chi connectivity index (χ0n) is 12.1. The molecule has 8 heteroatoms. The lowest BCUT2D eigenvalue weighted by molar-refractivity contribution is -0.117. The molecule has 120 valence electrons. The van der Waals surface area contributed by atoms with Gasteiger partial charge in [-0.1, -0.05) is 18.2 Å². The summed E-state index contributed by atoms with van der Waals surface area (Å²) >= 11 is 0. The molecule has 0 fully saturated rings. The van der Waals surface area contributed by atoms with Crippen molar-refractivity contribution in [1.29, 1.82) is 0 Å². The number of hydrogen-bond donors (Lipinski definition) is 1. The summed E-state index contributed by atoms with van der Waals surface area (Å²) in [4.78, 5) is 13.9. The molecule has 0 atom stereocenters. The number of carbonyl (C=O) groups excluding carboxylic acids is 1. The van der Waals surface area contributed by atoms with Crippen LogP contribution in [0.5, 0.6) is 0 Å². The first-order chi connectivity index (χ1) is 11.0. The van der Waals surface area contributed by atoms with Crippen molar-refractivity contribution in [2.75, 3.05) is 12.3 Å². The molecule has 0 unspecified atom stereocenters. The number of nitrogens with zero attached hydrogens (tertiary/aromatic N) is 2. The van der Waals surface area contributed by atoms with Crippen molar-refractivity contribution in [2.24, 2.45) is 4.40 Å². The molecule has 0 saturated heterocycles. The molecule has 0 spiro atoms. The standard InChI is InChI=1S/C15H14FN3O3S/c16-13-6-2-1-4-11(13)10-17-15(20)12-5-3-7-19-8-9-23(21,22)18-14(12)19/h1-7H,8-10H2,(H,17,20). The first-order valence-corrected chi connectivity index (χ1v) is 8.57. The van der Waals surface area contributed by atoms with E-state index in [1.807, 2.05) is 0 Å². The van der Waals surface area contributed by atoms with Crippen molar-refractivity contribution in [3.63, 3.8) is 0 Å². The number of allylic oxidation sites excluding steroid dienone is 2. The summed E-state index contributed by atoms with van der Waals surface area (Å²) in [5, 5.41) is 2.59. The predicted molar refractivity (Wildman–Crippen MR) is 83.4 cm³/mol. The van der Waals surface area contributed by atoms with Crippen molar-refractivity contribution in [1.82, 2.24) is 10.2 Å². The highest BCUT2D eigenvalue weighted by Gasteiger charge is 2.29. The number of amides is 1. The van der Waals surface area contributed by atoms with Gasteiger partial charge in [0.15, 0.2) is 5.84 Å². The maximum absolute atomic E-state index is 13.6. The molecule has 0 aromatic heterocycles. The summed E-state index contributed by atoms with van der Waals surface area (Å²) in [6, 6.07) is 6.12. The van der Waals surface area contributed by atoms with E-state index in [0.29, 0.717) is 5.56 Å². The second kappa shape index (κ2) is 5.96. The van der Waals surface area contributed by atoms with Crippen LogP contribution >= 0.6 is 0 Å². The second-order valence-corrected chi connectivity index (χ2v) is 6.84. The van der Waals surface area contributed by atoms with Gasteiger partial charge in [0.05, 0.1) is 11.3 Å². The van der Waals surface area contributed by atoms with Crippen LogP contribution in [0.3, 0.4) is 0 Å². The van der Waals surface area contributed by atoms with Gasteiger partial charge in [-0.05, 0) is 18.2 Å². The number of hydrogen-bond acceptors (Lipinski definition) is 4. The summed E-state index contributed by atoms with van der Waals surface area (Å²) in [6.45, 7) is 0.252. The van der Waals surface area contributed by atoms with Crippen molar-refractivity contribution in [2.45, 2.75) is 6.54 Å². The molecule has 23 heavy (non-hydrogen) atoms. The fourth-order valence-corrected chi connectivity index (χ4v) is 3.29. The lowest BCUT2D eigenvalue weighted by Gasteiger charge is -2.28. The Labute approximate surface area is 133 Å². The normalized spacial score (nSPS) is 18.7. The van der Waals surface area contributed by atoms with Crippen molar-refractivity contribution in [3.05, 3.63) is 59.6 Å². The van der Waals surface area contributed by atoms with Gasteiger partial charge in [-0.25, -0.2) is 12.8 Å². The maximum Gasteiger partial charge on any atom is 0.256 e. The lowest BCUT2D eigenvalue weighted by atomic mass is 10.1. The Morgan fingerprint density at radius 3 is 2.91 bits per heavy atom. The van der Waals surface area contributed by atoms with Gasteiger partial charge in [0, 0.05) is 24.9 Å². The molecule has 1 aromatic carbocycles. The molecule has 2 aliphatic rings. The Balaban J connectivity index is 1.79. The summed E-state index contributed by atoms with van der Waals surface area (Å²) in [5.41, 5.74) is 0.495. The molecule has 0 radical (unpaired) electrons. The van der Waals surface area contributed by atoms with Gasteiger partial charge in [0.25, 0.3) is 15.9 Å². The Morgan fingerprint density at radius 1 is 1.35 bits per heavy atom. The Hall–Kier alpha value is -2.48. The summed E-state index contributed by atoms with van der Waals surface area (Å²) in [6.07, 6.45) is 4.81. The van der Waals surface area contributed by atoms with E-state index in [9.17, 15) is 17.6 Å². The van der Waals surface area contributed by atoms with Gasteiger partial charge < -0.3 is 10.2 Å². The number of amidine groups is 1. The molecule has 1 N–H and O–H groups in total. The number of fused-ring (bicyclic) bond motifs is 1. The van der Waals surface area contributed by atoms with E-state index in [0.717, 1.165) is 0 Å². The number of sulfonamides is 1. The maximum atomic E-state index is 13.6. The average molecular weight is 335 g/mol.